The van der Waals surface area contributed by atoms with E-state index in [-0.39, 0.29) is 0 Å². The van der Waals surface area contributed by atoms with Crippen molar-refractivity contribution in [1.29, 1.82) is 0 Å². The van der Waals surface area contributed by atoms with Gasteiger partial charge in [0.2, 0.25) is 0 Å². The van der Waals surface area contributed by atoms with Crippen molar-refractivity contribution in [3.63, 3.8) is 0 Å². The fourth-order valence-electron chi connectivity index (χ4n) is 1.89. The van der Waals surface area contributed by atoms with E-state index in [1.165, 1.54) is 0 Å². The molecule has 96 valence electrons. The highest BCUT2D eigenvalue weighted by molar-refractivity contribution is 5.56. The molecule has 0 atom stereocenters. The Morgan fingerprint density at radius 2 is 1.94 bits per heavy atom. The van der Waals surface area contributed by atoms with E-state index in [2.05, 4.69) is 9.97 Å². The van der Waals surface area contributed by atoms with Crippen molar-refractivity contribution in [3.8, 4) is 0 Å². The monoisotopic (exact) mass is 246 g/mol. The molecule has 0 aliphatic carbocycles. The predicted octanol–water partition coefficient (Wildman–Crippen LogP) is 2.21. The number of nitrogens with two attached hydrogens (primary N) is 1. The van der Waals surface area contributed by atoms with Gasteiger partial charge in [-0.25, -0.2) is 9.97 Å². The van der Waals surface area contributed by atoms with Crippen LogP contribution < -0.4 is 10.6 Å². The van der Waals surface area contributed by atoms with Gasteiger partial charge in [0.15, 0.2) is 0 Å². The molecule has 2 heterocycles. The highest BCUT2D eigenvalue weighted by Crippen LogP contribution is 2.22. The summed E-state index contributed by atoms with van der Waals surface area (Å²) in [5.74, 6) is 3.86. The molecule has 2 aromatic rings. The molecular formula is C13H18N4O. The molecule has 0 fully saturated rings. The molecule has 0 saturated carbocycles. The zero-order valence-corrected chi connectivity index (χ0v) is 11.2. The lowest BCUT2D eigenvalue weighted by Gasteiger charge is -2.20. The zero-order valence-electron chi connectivity index (χ0n) is 11.2. The number of hydrogen-bond acceptors (Lipinski definition) is 5. The van der Waals surface area contributed by atoms with Gasteiger partial charge in [0.1, 0.15) is 29.0 Å². The zero-order chi connectivity index (χ0) is 13.3. The third-order valence-corrected chi connectivity index (χ3v) is 2.82. The van der Waals surface area contributed by atoms with Gasteiger partial charge in [-0.15, -0.1) is 0 Å². The number of aryl methyl sites for hydroxylation is 2. The maximum absolute atomic E-state index is 5.86. The van der Waals surface area contributed by atoms with E-state index < -0.39 is 0 Å². The van der Waals surface area contributed by atoms with Crippen molar-refractivity contribution in [3.05, 3.63) is 35.0 Å². The van der Waals surface area contributed by atoms with Crippen LogP contribution in [-0.4, -0.2) is 17.0 Å². The predicted molar refractivity (Wildman–Crippen MR) is 71.5 cm³/mol. The van der Waals surface area contributed by atoms with Gasteiger partial charge in [0, 0.05) is 12.6 Å². The van der Waals surface area contributed by atoms with E-state index in [1.807, 2.05) is 44.9 Å². The topological polar surface area (TPSA) is 68.2 Å². The average molecular weight is 246 g/mol. The minimum absolute atomic E-state index is 0.528. The van der Waals surface area contributed by atoms with Crippen molar-refractivity contribution in [2.24, 2.45) is 0 Å². The van der Waals surface area contributed by atoms with Crippen LogP contribution in [-0.2, 0) is 6.54 Å². The molecule has 0 bridgehead atoms. The van der Waals surface area contributed by atoms with Gasteiger partial charge in [-0.05, 0) is 32.9 Å². The third-order valence-electron chi connectivity index (χ3n) is 2.82. The molecule has 0 radical (unpaired) electrons. The molecule has 0 unspecified atom stereocenters. The molecule has 2 aromatic heterocycles. The number of rotatable bonds is 3. The lowest BCUT2D eigenvalue weighted by Crippen LogP contribution is -2.20. The summed E-state index contributed by atoms with van der Waals surface area (Å²) >= 11 is 0. The number of aromatic nitrogens is 2. The van der Waals surface area contributed by atoms with Gasteiger partial charge in [-0.3, -0.25) is 0 Å². The molecule has 18 heavy (non-hydrogen) atoms. The average Bonchev–Trinajstić information content (AvgIpc) is 2.69. The van der Waals surface area contributed by atoms with E-state index in [0.29, 0.717) is 18.2 Å². The van der Waals surface area contributed by atoms with E-state index in [1.54, 1.807) is 0 Å². The SMILES string of the molecule is Cc1nc(N)c(C)c(N(C)Cc2ccc(C)o2)n1. The molecule has 0 aliphatic rings. The highest BCUT2D eigenvalue weighted by Gasteiger charge is 2.12. The fourth-order valence-corrected chi connectivity index (χ4v) is 1.89. The Labute approximate surface area is 107 Å². The number of nitrogens with zero attached hydrogens (tertiary/aromatic N) is 3. The van der Waals surface area contributed by atoms with Crippen LogP contribution in [0.3, 0.4) is 0 Å². The van der Waals surface area contributed by atoms with Crippen LogP contribution >= 0.6 is 0 Å². The summed E-state index contributed by atoms with van der Waals surface area (Å²) in [6.07, 6.45) is 0. The Kier molecular flexibility index (Phi) is 3.23. The van der Waals surface area contributed by atoms with Crippen LogP contribution in [0.25, 0.3) is 0 Å². The standard InChI is InChI=1S/C13H18N4O/c1-8-5-6-11(18-8)7-17(4)13-9(2)12(14)15-10(3)16-13/h5-6H,7H2,1-4H3,(H2,14,15,16). The Morgan fingerprint density at radius 3 is 2.56 bits per heavy atom. The maximum Gasteiger partial charge on any atom is 0.137 e. The lowest BCUT2D eigenvalue weighted by molar-refractivity contribution is 0.481. The molecule has 0 saturated heterocycles. The van der Waals surface area contributed by atoms with E-state index in [0.717, 1.165) is 22.9 Å². The summed E-state index contributed by atoms with van der Waals surface area (Å²) in [6, 6.07) is 3.92. The normalized spacial score (nSPS) is 10.7. The summed E-state index contributed by atoms with van der Waals surface area (Å²) in [7, 11) is 1.96. The van der Waals surface area contributed by atoms with E-state index >= 15 is 0 Å². The summed E-state index contributed by atoms with van der Waals surface area (Å²) in [5, 5.41) is 0. The summed E-state index contributed by atoms with van der Waals surface area (Å²) in [6.45, 7) is 6.35. The molecule has 5 nitrogen and oxygen atoms in total. The fraction of sp³-hybridized carbons (Fsp3) is 0.385. The molecule has 2 N–H and O–H groups in total. The summed E-state index contributed by atoms with van der Waals surface area (Å²) < 4.78 is 5.56. The van der Waals surface area contributed by atoms with Gasteiger partial charge in [-0.2, -0.15) is 0 Å². The molecule has 0 spiro atoms. The van der Waals surface area contributed by atoms with Gasteiger partial charge >= 0.3 is 0 Å². The number of nitrogen functional groups attached to an aromatic ring is 1. The quantitative estimate of drug-likeness (QED) is 0.899. The minimum atomic E-state index is 0.528. The first-order chi connectivity index (χ1) is 8.47. The van der Waals surface area contributed by atoms with Crippen molar-refractivity contribution in [2.45, 2.75) is 27.3 Å². The van der Waals surface area contributed by atoms with Crippen molar-refractivity contribution < 1.29 is 4.42 Å². The second kappa shape index (κ2) is 4.68. The number of anilines is 2. The van der Waals surface area contributed by atoms with Crippen LogP contribution in [0.1, 0.15) is 22.9 Å². The van der Waals surface area contributed by atoms with Gasteiger partial charge in [-0.1, -0.05) is 0 Å². The third kappa shape index (κ3) is 2.45. The first-order valence-electron chi connectivity index (χ1n) is 5.84. The van der Waals surface area contributed by atoms with Crippen molar-refractivity contribution in [2.75, 3.05) is 17.7 Å². The van der Waals surface area contributed by atoms with Crippen molar-refractivity contribution >= 4 is 11.6 Å². The molecular weight excluding hydrogens is 228 g/mol. The van der Waals surface area contributed by atoms with Crippen LogP contribution in [0.5, 0.6) is 0 Å². The van der Waals surface area contributed by atoms with Crippen LogP contribution in [0, 0.1) is 20.8 Å². The Bertz CT molecular complexity index is 562. The molecule has 2 rings (SSSR count). The van der Waals surface area contributed by atoms with Crippen molar-refractivity contribution in [1.82, 2.24) is 9.97 Å². The molecule has 0 aromatic carbocycles. The first-order valence-corrected chi connectivity index (χ1v) is 5.84. The number of furan rings is 1. The van der Waals surface area contributed by atoms with E-state index in [9.17, 15) is 0 Å². The Hall–Kier alpha value is -2.04. The highest BCUT2D eigenvalue weighted by atomic mass is 16.3. The maximum atomic E-state index is 5.86. The summed E-state index contributed by atoms with van der Waals surface area (Å²) in [5.41, 5.74) is 6.75. The Morgan fingerprint density at radius 1 is 1.22 bits per heavy atom. The number of hydrogen-bond donors (Lipinski definition) is 1. The first kappa shape index (κ1) is 12.4. The van der Waals surface area contributed by atoms with Gasteiger partial charge in [0.05, 0.1) is 6.54 Å². The second-order valence-corrected chi connectivity index (χ2v) is 4.47. The molecule has 0 aliphatic heterocycles. The van der Waals surface area contributed by atoms with Crippen LogP contribution in [0.4, 0.5) is 11.6 Å². The Balaban J connectivity index is 2.26. The van der Waals surface area contributed by atoms with E-state index in [4.69, 9.17) is 10.2 Å². The molecule has 0 amide bonds. The largest absolute Gasteiger partial charge is 0.464 e. The smallest absolute Gasteiger partial charge is 0.137 e. The van der Waals surface area contributed by atoms with Gasteiger partial charge < -0.3 is 15.1 Å². The van der Waals surface area contributed by atoms with Crippen LogP contribution in [0.15, 0.2) is 16.5 Å². The lowest BCUT2D eigenvalue weighted by atomic mass is 10.3. The second-order valence-electron chi connectivity index (χ2n) is 4.47. The molecule has 5 heteroatoms. The van der Waals surface area contributed by atoms with Crippen LogP contribution in [0.2, 0.25) is 0 Å². The van der Waals surface area contributed by atoms with Gasteiger partial charge in [0.25, 0.3) is 0 Å². The minimum Gasteiger partial charge on any atom is -0.464 e. The summed E-state index contributed by atoms with van der Waals surface area (Å²) in [4.78, 5) is 10.6.